The van der Waals surface area contributed by atoms with Crippen LogP contribution in [0.4, 0.5) is 4.79 Å². The Labute approximate surface area is 263 Å². The Morgan fingerprint density at radius 1 is 0.667 bits per heavy atom. The van der Waals surface area contributed by atoms with Crippen molar-refractivity contribution in [2.45, 2.75) is 32.2 Å². The minimum absolute atomic E-state index is 0.106. The highest BCUT2D eigenvalue weighted by Crippen LogP contribution is 2.17. The van der Waals surface area contributed by atoms with Gasteiger partial charge in [0.05, 0.1) is 6.54 Å². The number of rotatable bonds is 15. The van der Waals surface area contributed by atoms with Crippen molar-refractivity contribution in [2.75, 3.05) is 20.6 Å². The number of urea groups is 1. The second-order valence-electron chi connectivity index (χ2n) is 10.5. The summed E-state index contributed by atoms with van der Waals surface area (Å²) < 4.78 is 11.5. The Kier molecular flexibility index (Phi) is 12.5. The van der Waals surface area contributed by atoms with Gasteiger partial charge in [-0.2, -0.15) is 0 Å². The molecule has 0 aliphatic heterocycles. The van der Waals surface area contributed by atoms with Crippen molar-refractivity contribution in [3.8, 4) is 5.75 Å². The van der Waals surface area contributed by atoms with Crippen LogP contribution in [0, 0.1) is 0 Å². The van der Waals surface area contributed by atoms with Crippen LogP contribution in [0.3, 0.4) is 0 Å². The summed E-state index contributed by atoms with van der Waals surface area (Å²) in [6.07, 6.45) is 0.277. The Balaban J connectivity index is 1.32. The highest BCUT2D eigenvalue weighted by molar-refractivity contribution is 5.80. The van der Waals surface area contributed by atoms with E-state index in [4.69, 9.17) is 9.47 Å². The molecule has 4 aromatic carbocycles. The van der Waals surface area contributed by atoms with Crippen molar-refractivity contribution in [3.63, 3.8) is 0 Å². The second-order valence-corrected chi connectivity index (χ2v) is 10.5. The van der Waals surface area contributed by atoms with Gasteiger partial charge in [-0.3, -0.25) is 20.4 Å². The van der Waals surface area contributed by atoms with Gasteiger partial charge in [-0.15, -0.1) is 0 Å². The molecule has 0 heterocycles. The van der Waals surface area contributed by atoms with Crippen LogP contribution in [-0.2, 0) is 40.5 Å². The summed E-state index contributed by atoms with van der Waals surface area (Å²) in [5.41, 5.74) is 9.09. The predicted molar refractivity (Wildman–Crippen MR) is 171 cm³/mol. The van der Waals surface area contributed by atoms with Crippen LogP contribution in [0.5, 0.6) is 5.75 Å². The molecule has 0 saturated carbocycles. The van der Waals surface area contributed by atoms with Crippen LogP contribution in [-0.4, -0.2) is 54.6 Å². The molecule has 45 heavy (non-hydrogen) atoms. The van der Waals surface area contributed by atoms with E-state index in [2.05, 4.69) is 16.2 Å². The molecule has 0 unspecified atom stereocenters. The molecule has 1 atom stereocenters. The molecule has 3 N–H and O–H groups in total. The van der Waals surface area contributed by atoms with Crippen LogP contribution < -0.4 is 20.9 Å². The van der Waals surface area contributed by atoms with E-state index < -0.39 is 23.9 Å². The Morgan fingerprint density at radius 3 is 1.82 bits per heavy atom. The lowest BCUT2D eigenvalue weighted by Gasteiger charge is -2.28. The summed E-state index contributed by atoms with van der Waals surface area (Å²) in [6, 6.07) is 35.0. The van der Waals surface area contributed by atoms with Gasteiger partial charge in [0.1, 0.15) is 25.0 Å². The first-order valence-corrected chi connectivity index (χ1v) is 14.6. The van der Waals surface area contributed by atoms with E-state index in [1.807, 2.05) is 115 Å². The monoisotopic (exact) mass is 609 g/mol. The molecule has 0 aliphatic carbocycles. The maximum atomic E-state index is 13.3. The van der Waals surface area contributed by atoms with Gasteiger partial charge in [0, 0.05) is 27.1 Å². The number of ether oxygens (including phenoxy) is 2. The number of hydrogen-bond acceptors (Lipinski definition) is 7. The molecule has 0 fully saturated rings. The van der Waals surface area contributed by atoms with Gasteiger partial charge in [0.25, 0.3) is 0 Å². The quantitative estimate of drug-likeness (QED) is 0.137. The minimum Gasteiger partial charge on any atom is -0.489 e. The van der Waals surface area contributed by atoms with Crippen LogP contribution >= 0.6 is 0 Å². The lowest BCUT2D eigenvalue weighted by molar-refractivity contribution is -0.153. The van der Waals surface area contributed by atoms with Crippen molar-refractivity contribution in [2.24, 2.45) is 0 Å². The molecule has 0 spiro atoms. The van der Waals surface area contributed by atoms with Crippen molar-refractivity contribution in [1.82, 2.24) is 26.2 Å². The fourth-order valence-corrected chi connectivity index (χ4v) is 4.45. The topological polar surface area (TPSA) is 112 Å². The molecule has 0 aromatic heterocycles. The third-order valence-corrected chi connectivity index (χ3v) is 6.83. The van der Waals surface area contributed by atoms with E-state index in [9.17, 15) is 14.4 Å². The zero-order valence-electron chi connectivity index (χ0n) is 25.5. The normalized spacial score (nSPS) is 11.5. The number of nitrogens with zero attached hydrogens (tertiary/aromatic N) is 2. The number of carbonyl (C=O) groups excluding carboxylic acids is 3. The Morgan fingerprint density at radius 2 is 1.22 bits per heavy atom. The smallest absolute Gasteiger partial charge is 0.329 e. The summed E-state index contributed by atoms with van der Waals surface area (Å²) in [4.78, 5) is 38.5. The fraction of sp³-hybridized carbons (Fsp3) is 0.229. The van der Waals surface area contributed by atoms with E-state index in [0.717, 1.165) is 22.3 Å². The van der Waals surface area contributed by atoms with Crippen molar-refractivity contribution in [3.05, 3.63) is 138 Å². The van der Waals surface area contributed by atoms with Crippen LogP contribution in [0.15, 0.2) is 115 Å². The molecule has 0 aliphatic rings. The molecule has 10 nitrogen and oxygen atoms in total. The predicted octanol–water partition coefficient (Wildman–Crippen LogP) is 4.23. The summed E-state index contributed by atoms with van der Waals surface area (Å²) >= 11 is 0. The largest absolute Gasteiger partial charge is 0.489 e. The number of hydrazine groups is 2. The molecule has 4 aromatic rings. The summed E-state index contributed by atoms with van der Waals surface area (Å²) in [5, 5.41) is 5.55. The number of esters is 1. The highest BCUT2D eigenvalue weighted by Gasteiger charge is 2.27. The maximum Gasteiger partial charge on any atom is 0.329 e. The molecule has 0 saturated heterocycles. The first kappa shape index (κ1) is 32.7. The second kappa shape index (κ2) is 17.2. The molecule has 10 heteroatoms. The van der Waals surface area contributed by atoms with Crippen molar-refractivity contribution >= 4 is 17.9 Å². The average Bonchev–Trinajstić information content (AvgIpc) is 3.06. The SMILES string of the molecule is CN(CC(=O)NN(C)[C@@H](Cc1ccc(OCc2ccccc2)cc1)C(=O)OCc1ccccc1)NC(=O)NCc1ccccc1. The lowest BCUT2D eigenvalue weighted by atomic mass is 10.1. The van der Waals surface area contributed by atoms with Gasteiger partial charge >= 0.3 is 12.0 Å². The van der Waals surface area contributed by atoms with E-state index in [1.165, 1.54) is 10.0 Å². The average molecular weight is 610 g/mol. The number of hydrogen-bond donors (Lipinski definition) is 3. The zero-order chi connectivity index (χ0) is 31.9. The van der Waals surface area contributed by atoms with E-state index in [0.29, 0.717) is 18.9 Å². The van der Waals surface area contributed by atoms with Crippen molar-refractivity contribution < 1.29 is 23.9 Å². The van der Waals surface area contributed by atoms with Gasteiger partial charge in [0.2, 0.25) is 5.91 Å². The Bertz CT molecular complexity index is 1490. The Hall–Kier alpha value is -5.19. The summed E-state index contributed by atoms with van der Waals surface area (Å²) in [7, 11) is 3.19. The standard InChI is InChI=1S/C35H39N5O5/c1-39(38-35(43)36-23-28-12-6-3-7-13-28)24-33(41)37-40(2)32(34(42)45-26-30-16-10-5-11-17-30)22-27-18-20-31(21-19-27)44-25-29-14-8-4-9-15-29/h3-21,32H,22-26H2,1-2H3,(H,37,41)(H2,36,38,43)/t32-/m0/s1. The number of amides is 3. The lowest BCUT2D eigenvalue weighted by Crippen LogP contribution is -2.54. The van der Waals surface area contributed by atoms with E-state index in [-0.39, 0.29) is 19.6 Å². The number of nitrogens with one attached hydrogen (secondary N) is 3. The molecule has 234 valence electrons. The molecule has 0 radical (unpaired) electrons. The first-order chi connectivity index (χ1) is 21.9. The number of likely N-dealkylation sites (N-methyl/N-ethyl adjacent to an activating group) is 2. The van der Waals surface area contributed by atoms with E-state index in [1.54, 1.807) is 14.1 Å². The number of carbonyl (C=O) groups is 3. The summed E-state index contributed by atoms with van der Waals surface area (Å²) in [6.45, 7) is 0.751. The number of benzene rings is 4. The fourth-order valence-electron chi connectivity index (χ4n) is 4.45. The van der Waals surface area contributed by atoms with Gasteiger partial charge in [0.15, 0.2) is 0 Å². The first-order valence-electron chi connectivity index (χ1n) is 14.6. The van der Waals surface area contributed by atoms with Gasteiger partial charge in [-0.05, 0) is 34.4 Å². The third kappa shape index (κ3) is 11.4. The van der Waals surface area contributed by atoms with Crippen LogP contribution in [0.1, 0.15) is 22.3 Å². The maximum absolute atomic E-state index is 13.3. The highest BCUT2D eigenvalue weighted by atomic mass is 16.5. The zero-order valence-corrected chi connectivity index (χ0v) is 25.5. The molecule has 4 rings (SSSR count). The summed E-state index contributed by atoms with van der Waals surface area (Å²) in [5.74, 6) is -0.206. The molecular formula is C35H39N5O5. The minimum atomic E-state index is -0.818. The molecule has 0 bridgehead atoms. The van der Waals surface area contributed by atoms with Crippen LogP contribution in [0.25, 0.3) is 0 Å². The third-order valence-electron chi connectivity index (χ3n) is 6.83. The van der Waals surface area contributed by atoms with Gasteiger partial charge in [-0.1, -0.05) is 103 Å². The van der Waals surface area contributed by atoms with E-state index >= 15 is 0 Å². The molecular weight excluding hydrogens is 570 g/mol. The molecule has 3 amide bonds. The van der Waals surface area contributed by atoms with Crippen LogP contribution in [0.2, 0.25) is 0 Å². The van der Waals surface area contributed by atoms with Crippen molar-refractivity contribution in [1.29, 1.82) is 0 Å². The van der Waals surface area contributed by atoms with Gasteiger partial charge in [-0.25, -0.2) is 14.8 Å². The van der Waals surface area contributed by atoms with Gasteiger partial charge < -0.3 is 14.8 Å².